The van der Waals surface area contributed by atoms with Gasteiger partial charge in [0.15, 0.2) is 0 Å². The molecule has 0 aliphatic rings. The van der Waals surface area contributed by atoms with Crippen LogP contribution in [0.25, 0.3) is 0 Å². The third-order valence-electron chi connectivity index (χ3n) is 2.85. The number of benzene rings is 2. The number of phenols is 1. The van der Waals surface area contributed by atoms with Crippen LogP contribution >= 0.6 is 0 Å². The highest BCUT2D eigenvalue weighted by Crippen LogP contribution is 2.27. The number of nitrogens with zero attached hydrogens (tertiary/aromatic N) is 1. The smallest absolute Gasteiger partial charge is 0.123 e. The van der Waals surface area contributed by atoms with Gasteiger partial charge in [-0.2, -0.15) is 5.26 Å². The van der Waals surface area contributed by atoms with Gasteiger partial charge in [0.1, 0.15) is 11.6 Å². The minimum Gasteiger partial charge on any atom is -0.508 e. The van der Waals surface area contributed by atoms with Crippen molar-refractivity contribution in [1.82, 2.24) is 0 Å². The number of hydrogen-bond acceptors (Lipinski definition) is 3. The lowest BCUT2D eigenvalue weighted by atomic mass is 10.1. The Labute approximate surface area is 110 Å². The Morgan fingerprint density at radius 2 is 1.89 bits per heavy atom. The number of nitrogens with one attached hydrogen (secondary N) is 1. The second-order valence-electron chi connectivity index (χ2n) is 4.26. The molecule has 0 spiro atoms. The summed E-state index contributed by atoms with van der Waals surface area (Å²) >= 11 is 0. The molecule has 0 aliphatic heterocycles. The molecule has 0 saturated carbocycles. The largest absolute Gasteiger partial charge is 0.508 e. The van der Waals surface area contributed by atoms with Gasteiger partial charge in [-0.05, 0) is 49.4 Å². The third kappa shape index (κ3) is 3.02. The molecule has 0 fully saturated rings. The Bertz CT molecular complexity index is 617. The highest BCUT2D eigenvalue weighted by Gasteiger charge is 2.11. The van der Waals surface area contributed by atoms with Gasteiger partial charge in [0, 0.05) is 11.3 Å². The Kier molecular flexibility index (Phi) is 3.67. The molecule has 0 aromatic heterocycles. The van der Waals surface area contributed by atoms with E-state index in [4.69, 9.17) is 5.26 Å². The summed E-state index contributed by atoms with van der Waals surface area (Å²) in [6, 6.07) is 12.6. The van der Waals surface area contributed by atoms with Crippen molar-refractivity contribution in [2.24, 2.45) is 0 Å². The van der Waals surface area contributed by atoms with Crippen molar-refractivity contribution in [3.05, 3.63) is 59.4 Å². The summed E-state index contributed by atoms with van der Waals surface area (Å²) < 4.78 is 13.2. The fourth-order valence-electron chi connectivity index (χ4n) is 1.84. The van der Waals surface area contributed by atoms with Gasteiger partial charge in [-0.1, -0.05) is 0 Å². The van der Waals surface area contributed by atoms with Crippen LogP contribution < -0.4 is 5.32 Å². The van der Waals surface area contributed by atoms with Crippen LogP contribution in [0.4, 0.5) is 10.1 Å². The lowest BCUT2D eigenvalue weighted by Gasteiger charge is -2.17. The molecule has 1 atom stereocenters. The van der Waals surface area contributed by atoms with Crippen molar-refractivity contribution in [2.75, 3.05) is 5.32 Å². The van der Waals surface area contributed by atoms with Gasteiger partial charge in [-0.15, -0.1) is 0 Å². The predicted molar refractivity (Wildman–Crippen MR) is 71.3 cm³/mol. The molecule has 2 rings (SSSR count). The van der Waals surface area contributed by atoms with E-state index in [2.05, 4.69) is 5.32 Å². The van der Waals surface area contributed by atoms with E-state index in [1.165, 1.54) is 18.2 Å². The minimum absolute atomic E-state index is 0.0510. The van der Waals surface area contributed by atoms with E-state index in [0.29, 0.717) is 11.1 Å². The van der Waals surface area contributed by atoms with Crippen molar-refractivity contribution >= 4 is 5.69 Å². The zero-order valence-corrected chi connectivity index (χ0v) is 10.4. The van der Waals surface area contributed by atoms with E-state index in [1.54, 1.807) is 24.3 Å². The minimum atomic E-state index is -0.388. The van der Waals surface area contributed by atoms with Crippen LogP contribution in [0.2, 0.25) is 0 Å². The van der Waals surface area contributed by atoms with Crippen LogP contribution in [0.3, 0.4) is 0 Å². The summed E-state index contributed by atoms with van der Waals surface area (Å²) in [5, 5.41) is 21.6. The molecule has 2 N–H and O–H groups in total. The highest BCUT2D eigenvalue weighted by atomic mass is 19.1. The topological polar surface area (TPSA) is 56.0 Å². The molecule has 96 valence electrons. The molecule has 0 amide bonds. The van der Waals surface area contributed by atoms with Gasteiger partial charge in [0.05, 0.1) is 17.7 Å². The van der Waals surface area contributed by atoms with E-state index in [1.807, 2.05) is 13.0 Å². The van der Waals surface area contributed by atoms with Crippen LogP contribution in [-0.2, 0) is 0 Å². The maximum Gasteiger partial charge on any atom is 0.123 e. The van der Waals surface area contributed by atoms with Gasteiger partial charge in [0.25, 0.3) is 0 Å². The number of phenolic OH excluding ortho intramolecular Hbond substituents is 1. The monoisotopic (exact) mass is 256 g/mol. The predicted octanol–water partition coefficient (Wildman–Crippen LogP) is 3.58. The molecule has 19 heavy (non-hydrogen) atoms. The highest BCUT2D eigenvalue weighted by molar-refractivity contribution is 5.50. The first-order valence-corrected chi connectivity index (χ1v) is 5.85. The van der Waals surface area contributed by atoms with Crippen molar-refractivity contribution in [2.45, 2.75) is 13.0 Å². The first-order chi connectivity index (χ1) is 9.10. The molecule has 0 heterocycles. The van der Waals surface area contributed by atoms with E-state index in [0.717, 1.165) is 5.69 Å². The van der Waals surface area contributed by atoms with E-state index in [9.17, 15) is 9.50 Å². The molecule has 0 radical (unpaired) electrons. The van der Waals surface area contributed by atoms with Crippen LogP contribution in [0.15, 0.2) is 42.5 Å². The van der Waals surface area contributed by atoms with Crippen LogP contribution in [-0.4, -0.2) is 5.11 Å². The molecular weight excluding hydrogens is 243 g/mol. The molecule has 1 unspecified atom stereocenters. The molecular formula is C15H13FN2O. The van der Waals surface area contributed by atoms with Gasteiger partial charge < -0.3 is 10.4 Å². The SMILES string of the molecule is CC(Nc1ccc(C#N)cc1)c1cc(F)ccc1O. The zero-order valence-electron chi connectivity index (χ0n) is 10.4. The molecule has 2 aromatic rings. The van der Waals surface area contributed by atoms with Gasteiger partial charge in [-0.3, -0.25) is 0 Å². The molecule has 4 heteroatoms. The number of aromatic hydroxyl groups is 1. The number of halogens is 1. The summed E-state index contributed by atoms with van der Waals surface area (Å²) in [6.07, 6.45) is 0. The fraction of sp³-hybridized carbons (Fsp3) is 0.133. The second-order valence-corrected chi connectivity index (χ2v) is 4.26. The summed E-state index contributed by atoms with van der Waals surface area (Å²) in [4.78, 5) is 0. The number of rotatable bonds is 3. The number of hydrogen-bond donors (Lipinski definition) is 2. The maximum absolute atomic E-state index is 13.2. The van der Waals surface area contributed by atoms with Crippen molar-refractivity contribution in [3.8, 4) is 11.8 Å². The number of anilines is 1. The lowest BCUT2D eigenvalue weighted by Crippen LogP contribution is -2.07. The van der Waals surface area contributed by atoms with Gasteiger partial charge in [-0.25, -0.2) is 4.39 Å². The zero-order chi connectivity index (χ0) is 13.8. The summed E-state index contributed by atoms with van der Waals surface area (Å²) in [5.74, 6) is -0.337. The quantitative estimate of drug-likeness (QED) is 0.882. The fourth-order valence-corrected chi connectivity index (χ4v) is 1.84. The van der Waals surface area contributed by atoms with Crippen LogP contribution in [0, 0.1) is 17.1 Å². The standard InChI is InChI=1S/C15H13FN2O/c1-10(14-8-12(16)4-7-15(14)19)18-13-5-2-11(9-17)3-6-13/h2-8,10,18-19H,1H3. The van der Waals surface area contributed by atoms with E-state index in [-0.39, 0.29) is 17.6 Å². The van der Waals surface area contributed by atoms with Crippen molar-refractivity contribution < 1.29 is 9.50 Å². The Hall–Kier alpha value is -2.54. The molecule has 0 bridgehead atoms. The average molecular weight is 256 g/mol. The van der Waals surface area contributed by atoms with Gasteiger partial charge in [0.2, 0.25) is 0 Å². The van der Waals surface area contributed by atoms with Crippen molar-refractivity contribution in [1.29, 1.82) is 5.26 Å². The maximum atomic E-state index is 13.2. The summed E-state index contributed by atoms with van der Waals surface area (Å²) in [6.45, 7) is 1.83. The molecule has 0 saturated heterocycles. The summed E-state index contributed by atoms with van der Waals surface area (Å²) in [5.41, 5.74) is 1.87. The number of nitriles is 1. The Morgan fingerprint density at radius 3 is 2.53 bits per heavy atom. The Morgan fingerprint density at radius 1 is 1.21 bits per heavy atom. The molecule has 2 aromatic carbocycles. The van der Waals surface area contributed by atoms with Crippen LogP contribution in [0.1, 0.15) is 24.1 Å². The second kappa shape index (κ2) is 5.40. The summed E-state index contributed by atoms with van der Waals surface area (Å²) in [7, 11) is 0. The van der Waals surface area contributed by atoms with E-state index < -0.39 is 0 Å². The van der Waals surface area contributed by atoms with E-state index >= 15 is 0 Å². The van der Waals surface area contributed by atoms with Crippen molar-refractivity contribution in [3.63, 3.8) is 0 Å². The molecule has 3 nitrogen and oxygen atoms in total. The first kappa shape index (κ1) is 12.9. The first-order valence-electron chi connectivity index (χ1n) is 5.85. The third-order valence-corrected chi connectivity index (χ3v) is 2.85. The van der Waals surface area contributed by atoms with Crippen LogP contribution in [0.5, 0.6) is 5.75 Å². The Balaban J connectivity index is 2.18. The van der Waals surface area contributed by atoms with Gasteiger partial charge >= 0.3 is 0 Å². The molecule has 0 aliphatic carbocycles. The average Bonchev–Trinajstić information content (AvgIpc) is 2.42. The normalized spacial score (nSPS) is 11.6. The lowest BCUT2D eigenvalue weighted by molar-refractivity contribution is 0.462.